The van der Waals surface area contributed by atoms with Gasteiger partial charge in [-0.15, -0.1) is 0 Å². The van der Waals surface area contributed by atoms with Gasteiger partial charge in [-0.2, -0.15) is 0 Å². The average Bonchev–Trinajstić information content (AvgIpc) is 3.00. The van der Waals surface area contributed by atoms with E-state index >= 15 is 0 Å². The number of benzene rings is 4. The zero-order valence-electron chi connectivity index (χ0n) is 26.3. The standard InChI is InChI=1S/C36H40ClN3O4S/c1-25(2)38-36(42)34(21-29-9-7-6-8-10-29)39(23-30-16-11-26(3)12-17-30)35(41)24-40(33-22-31(37)18-15-28(33)5)45(43,44)32-19-13-27(4)14-20-32/h6-20,22,25,34H,21,23-24H2,1-5H3,(H,38,42)/t34-/m0/s1. The summed E-state index contributed by atoms with van der Waals surface area (Å²) < 4.78 is 29.6. The van der Waals surface area contributed by atoms with Crippen LogP contribution in [0.25, 0.3) is 0 Å². The van der Waals surface area contributed by atoms with Crippen molar-refractivity contribution in [1.82, 2.24) is 10.2 Å². The molecule has 0 aliphatic carbocycles. The molecule has 0 radical (unpaired) electrons. The normalized spacial score (nSPS) is 12.1. The molecule has 0 fully saturated rings. The van der Waals surface area contributed by atoms with Gasteiger partial charge in [0, 0.05) is 24.0 Å². The SMILES string of the molecule is Cc1ccc(CN(C(=O)CN(c2cc(Cl)ccc2C)S(=O)(=O)c2ccc(C)cc2)[C@@H](Cc2ccccc2)C(=O)NC(C)C)cc1. The summed E-state index contributed by atoms with van der Waals surface area (Å²) in [5, 5.41) is 3.31. The molecule has 9 heteroatoms. The van der Waals surface area contributed by atoms with Crippen LogP contribution in [0.1, 0.15) is 41.7 Å². The maximum Gasteiger partial charge on any atom is 0.264 e. The van der Waals surface area contributed by atoms with Crippen molar-refractivity contribution in [3.63, 3.8) is 0 Å². The molecule has 0 spiro atoms. The first-order chi connectivity index (χ1) is 21.3. The number of sulfonamides is 1. The summed E-state index contributed by atoms with van der Waals surface area (Å²) in [6.07, 6.45) is 0.248. The summed E-state index contributed by atoms with van der Waals surface area (Å²) in [5.41, 5.74) is 4.57. The van der Waals surface area contributed by atoms with Crippen LogP contribution in [-0.4, -0.2) is 43.8 Å². The Morgan fingerprint density at radius 2 is 1.40 bits per heavy atom. The van der Waals surface area contributed by atoms with Gasteiger partial charge in [-0.25, -0.2) is 8.42 Å². The number of aryl methyl sites for hydroxylation is 3. The van der Waals surface area contributed by atoms with Gasteiger partial charge in [-0.1, -0.05) is 95.5 Å². The molecule has 2 amide bonds. The maximum absolute atomic E-state index is 14.6. The van der Waals surface area contributed by atoms with Gasteiger partial charge < -0.3 is 10.2 Å². The van der Waals surface area contributed by atoms with E-state index in [1.807, 2.05) is 82.3 Å². The molecule has 0 unspecified atom stereocenters. The molecular weight excluding hydrogens is 606 g/mol. The number of carbonyl (C=O) groups is 2. The van der Waals surface area contributed by atoms with Crippen LogP contribution in [0.4, 0.5) is 5.69 Å². The summed E-state index contributed by atoms with van der Waals surface area (Å²) in [5.74, 6) is -0.841. The number of nitrogens with one attached hydrogen (secondary N) is 1. The zero-order chi connectivity index (χ0) is 32.7. The fourth-order valence-corrected chi connectivity index (χ4v) is 6.66. The minimum absolute atomic E-state index is 0.0451. The summed E-state index contributed by atoms with van der Waals surface area (Å²) >= 11 is 6.36. The summed E-state index contributed by atoms with van der Waals surface area (Å²) in [6.45, 7) is 8.91. The topological polar surface area (TPSA) is 86.8 Å². The zero-order valence-corrected chi connectivity index (χ0v) is 27.9. The molecule has 1 N–H and O–H groups in total. The lowest BCUT2D eigenvalue weighted by molar-refractivity contribution is -0.140. The predicted molar refractivity (Wildman–Crippen MR) is 181 cm³/mol. The van der Waals surface area contributed by atoms with Gasteiger partial charge in [0.05, 0.1) is 10.6 Å². The summed E-state index contributed by atoms with van der Waals surface area (Å²) in [7, 11) is -4.21. The minimum atomic E-state index is -4.21. The number of halogens is 1. The molecule has 236 valence electrons. The molecule has 45 heavy (non-hydrogen) atoms. The van der Waals surface area contributed by atoms with Crippen molar-refractivity contribution in [2.24, 2.45) is 0 Å². The van der Waals surface area contributed by atoms with Crippen LogP contribution in [0.5, 0.6) is 0 Å². The highest BCUT2D eigenvalue weighted by Gasteiger charge is 2.35. The number of carbonyl (C=O) groups excluding carboxylic acids is 2. The van der Waals surface area contributed by atoms with E-state index in [2.05, 4.69) is 5.32 Å². The molecule has 0 aromatic heterocycles. The molecular formula is C36H40ClN3O4S. The van der Waals surface area contributed by atoms with Crippen molar-refractivity contribution in [1.29, 1.82) is 0 Å². The molecule has 7 nitrogen and oxygen atoms in total. The Hall–Kier alpha value is -4.14. The molecule has 0 saturated heterocycles. The Morgan fingerprint density at radius 3 is 2.00 bits per heavy atom. The van der Waals surface area contributed by atoms with Crippen molar-refractivity contribution in [2.75, 3.05) is 10.8 Å². The first-order valence-electron chi connectivity index (χ1n) is 14.9. The minimum Gasteiger partial charge on any atom is -0.352 e. The molecule has 1 atom stereocenters. The van der Waals surface area contributed by atoms with Crippen molar-refractivity contribution >= 4 is 39.1 Å². The van der Waals surface area contributed by atoms with Gasteiger partial charge in [0.25, 0.3) is 10.0 Å². The van der Waals surface area contributed by atoms with Crippen LogP contribution in [0, 0.1) is 20.8 Å². The highest BCUT2D eigenvalue weighted by Crippen LogP contribution is 2.30. The number of hydrogen-bond donors (Lipinski definition) is 1. The van der Waals surface area contributed by atoms with E-state index in [1.165, 1.54) is 17.0 Å². The Labute approximate surface area is 271 Å². The molecule has 0 heterocycles. The molecule has 0 aliphatic rings. The van der Waals surface area contributed by atoms with Gasteiger partial charge in [0.15, 0.2) is 0 Å². The predicted octanol–water partition coefficient (Wildman–Crippen LogP) is 6.63. The molecule has 0 saturated carbocycles. The highest BCUT2D eigenvalue weighted by atomic mass is 35.5. The maximum atomic E-state index is 14.6. The molecule has 4 aromatic carbocycles. The van der Waals surface area contributed by atoms with Crippen LogP contribution in [-0.2, 0) is 32.6 Å². The third kappa shape index (κ3) is 8.74. The third-order valence-corrected chi connectivity index (χ3v) is 9.51. The number of anilines is 1. The van der Waals surface area contributed by atoms with E-state index in [0.717, 1.165) is 26.6 Å². The van der Waals surface area contributed by atoms with E-state index in [-0.39, 0.29) is 35.5 Å². The van der Waals surface area contributed by atoms with Crippen LogP contribution >= 0.6 is 11.6 Å². The first kappa shape index (κ1) is 33.7. The van der Waals surface area contributed by atoms with E-state index in [9.17, 15) is 18.0 Å². The Balaban J connectivity index is 1.83. The van der Waals surface area contributed by atoms with Crippen LogP contribution < -0.4 is 9.62 Å². The van der Waals surface area contributed by atoms with Crippen LogP contribution in [0.15, 0.2) is 102 Å². The number of nitrogens with zero attached hydrogens (tertiary/aromatic N) is 2. The van der Waals surface area contributed by atoms with Gasteiger partial charge >= 0.3 is 0 Å². The number of rotatable bonds is 12. The summed E-state index contributed by atoms with van der Waals surface area (Å²) in [6, 6.07) is 27.6. The van der Waals surface area contributed by atoms with Gasteiger partial charge in [-0.05, 0) is 75.6 Å². The Kier molecular flexibility index (Phi) is 11.1. The fourth-order valence-electron chi connectivity index (χ4n) is 5.03. The van der Waals surface area contributed by atoms with Crippen molar-refractivity contribution < 1.29 is 18.0 Å². The average molecular weight is 646 g/mol. The first-order valence-corrected chi connectivity index (χ1v) is 16.7. The second kappa shape index (κ2) is 14.8. The number of hydrogen-bond acceptors (Lipinski definition) is 4. The second-order valence-electron chi connectivity index (χ2n) is 11.6. The summed E-state index contributed by atoms with van der Waals surface area (Å²) in [4.78, 5) is 29.9. The molecule has 4 rings (SSSR count). The van der Waals surface area contributed by atoms with E-state index < -0.39 is 28.5 Å². The Morgan fingerprint density at radius 1 is 0.800 bits per heavy atom. The van der Waals surface area contributed by atoms with Crippen molar-refractivity contribution in [3.8, 4) is 0 Å². The van der Waals surface area contributed by atoms with E-state index in [1.54, 1.807) is 37.3 Å². The molecule has 0 aliphatic heterocycles. The second-order valence-corrected chi connectivity index (χ2v) is 13.9. The van der Waals surface area contributed by atoms with E-state index in [4.69, 9.17) is 11.6 Å². The van der Waals surface area contributed by atoms with Crippen LogP contribution in [0.2, 0.25) is 5.02 Å². The smallest absolute Gasteiger partial charge is 0.264 e. The number of amides is 2. The lowest BCUT2D eigenvalue weighted by atomic mass is 10.0. The van der Waals surface area contributed by atoms with Gasteiger partial charge in [-0.3, -0.25) is 13.9 Å². The molecule has 4 aromatic rings. The Bertz CT molecular complexity index is 1720. The third-order valence-electron chi connectivity index (χ3n) is 7.50. The lowest BCUT2D eigenvalue weighted by Gasteiger charge is -2.34. The van der Waals surface area contributed by atoms with Crippen LogP contribution in [0.3, 0.4) is 0 Å². The van der Waals surface area contributed by atoms with Crippen molar-refractivity contribution in [2.45, 2.75) is 64.6 Å². The highest BCUT2D eigenvalue weighted by molar-refractivity contribution is 7.92. The quantitative estimate of drug-likeness (QED) is 0.188. The van der Waals surface area contributed by atoms with Gasteiger partial charge in [0.1, 0.15) is 12.6 Å². The van der Waals surface area contributed by atoms with Crippen molar-refractivity contribution in [3.05, 3.63) is 130 Å². The van der Waals surface area contributed by atoms with Gasteiger partial charge in [0.2, 0.25) is 11.8 Å². The molecule has 0 bridgehead atoms. The van der Waals surface area contributed by atoms with E-state index in [0.29, 0.717) is 10.6 Å². The lowest BCUT2D eigenvalue weighted by Crippen LogP contribution is -2.54. The fraction of sp³-hybridized carbons (Fsp3) is 0.278. The monoisotopic (exact) mass is 645 g/mol. The largest absolute Gasteiger partial charge is 0.352 e.